The Bertz CT molecular complexity index is 1970. The molecule has 7 amide bonds. The molecule has 0 aliphatic carbocycles. The molecule has 7 atom stereocenters. The quantitative estimate of drug-likeness (QED) is 0.0290. The first-order chi connectivity index (χ1) is 32.7. The fraction of sp³-hybridized carbons (Fsp3) is 0.468. The van der Waals surface area contributed by atoms with Gasteiger partial charge in [0.25, 0.3) is 0 Å². The van der Waals surface area contributed by atoms with Crippen LogP contribution in [0, 0.1) is 5.92 Å². The van der Waals surface area contributed by atoms with Gasteiger partial charge in [0.1, 0.15) is 30.2 Å². The van der Waals surface area contributed by atoms with Crippen molar-refractivity contribution in [3.8, 4) is 0 Å². The molecule has 3 aromatic carbocycles. The lowest BCUT2D eigenvalue weighted by atomic mass is 10.0. The highest BCUT2D eigenvalue weighted by molar-refractivity contribution is 5.95. The number of rotatable bonds is 32. The van der Waals surface area contributed by atoms with E-state index in [1.54, 1.807) is 30.3 Å². The molecular formula is C47H71N13O8. The second-order valence-electron chi connectivity index (χ2n) is 16.4. The van der Waals surface area contributed by atoms with Gasteiger partial charge in [-0.2, -0.15) is 0 Å². The SMILES string of the molecule is C[C@@H](O)[C@H](NC(=O)[C@H](CCN)NC(=O)[C@@H](N)CCN)C(=O)NCC[C@H](NC(=O)C(CNCc1ccccc1)CNCc1ccccc1)C(=O)N[C@@H](CCN)C(=O)N[C@H](Cc1ccccc1)C(N)=O. The van der Waals surface area contributed by atoms with Gasteiger partial charge in [-0.15, -0.1) is 0 Å². The number of carbonyl (C=O) groups excluding carboxylic acids is 7. The van der Waals surface area contributed by atoms with E-state index in [0.717, 1.165) is 16.7 Å². The van der Waals surface area contributed by atoms with Crippen molar-refractivity contribution in [2.24, 2.45) is 34.6 Å². The van der Waals surface area contributed by atoms with Crippen LogP contribution in [0.1, 0.15) is 49.3 Å². The predicted octanol–water partition coefficient (Wildman–Crippen LogP) is -3.41. The molecule has 0 unspecified atom stereocenters. The van der Waals surface area contributed by atoms with Crippen LogP contribution in [0.25, 0.3) is 0 Å². The van der Waals surface area contributed by atoms with Gasteiger partial charge >= 0.3 is 0 Å². The van der Waals surface area contributed by atoms with Gasteiger partial charge in [-0.3, -0.25) is 33.6 Å². The van der Waals surface area contributed by atoms with E-state index < -0.39 is 89.6 Å². The van der Waals surface area contributed by atoms with Gasteiger partial charge in [0.15, 0.2) is 0 Å². The van der Waals surface area contributed by atoms with E-state index in [9.17, 15) is 38.7 Å². The molecule has 0 aliphatic heterocycles. The second kappa shape index (κ2) is 30.9. The molecular weight excluding hydrogens is 875 g/mol. The number of aliphatic hydroxyl groups excluding tert-OH is 1. The van der Waals surface area contributed by atoms with Gasteiger partial charge in [-0.25, -0.2) is 0 Å². The fourth-order valence-corrected chi connectivity index (χ4v) is 6.98. The van der Waals surface area contributed by atoms with E-state index in [2.05, 4.69) is 42.5 Å². The maximum absolute atomic E-state index is 14.2. The lowest BCUT2D eigenvalue weighted by Crippen LogP contribution is -2.59. The molecule has 0 aromatic heterocycles. The molecule has 0 radical (unpaired) electrons. The number of nitrogens with one attached hydrogen (secondary N) is 8. The van der Waals surface area contributed by atoms with Crippen molar-refractivity contribution in [1.29, 1.82) is 0 Å². The van der Waals surface area contributed by atoms with E-state index in [0.29, 0.717) is 13.1 Å². The summed E-state index contributed by atoms with van der Waals surface area (Å²) in [6.45, 7) is 2.38. The third-order valence-electron chi connectivity index (χ3n) is 10.9. The third-order valence-corrected chi connectivity index (χ3v) is 10.9. The normalized spacial score (nSPS) is 14.2. The molecule has 21 nitrogen and oxygen atoms in total. The summed E-state index contributed by atoms with van der Waals surface area (Å²) in [4.78, 5) is 94.1. The summed E-state index contributed by atoms with van der Waals surface area (Å²) in [5, 5.41) is 32.9. The van der Waals surface area contributed by atoms with Gasteiger partial charge < -0.3 is 76.3 Å². The molecule has 0 bridgehead atoms. The Balaban J connectivity index is 1.84. The molecule has 0 aliphatic rings. The minimum atomic E-state index is -1.53. The molecule has 0 heterocycles. The van der Waals surface area contributed by atoms with Crippen LogP contribution in [0.4, 0.5) is 0 Å². The lowest BCUT2D eigenvalue weighted by molar-refractivity contribution is -0.134. The van der Waals surface area contributed by atoms with Gasteiger partial charge in [0, 0.05) is 39.1 Å². The Morgan fingerprint density at radius 1 is 0.515 bits per heavy atom. The number of carbonyl (C=O) groups is 7. The van der Waals surface area contributed by atoms with Crippen molar-refractivity contribution in [1.82, 2.24) is 42.5 Å². The number of hydrogen-bond acceptors (Lipinski definition) is 14. The molecule has 19 N–H and O–H groups in total. The highest BCUT2D eigenvalue weighted by Crippen LogP contribution is 2.08. The Labute approximate surface area is 397 Å². The van der Waals surface area contributed by atoms with Crippen molar-refractivity contribution in [3.63, 3.8) is 0 Å². The summed E-state index contributed by atoms with van der Waals surface area (Å²) in [7, 11) is 0. The van der Waals surface area contributed by atoms with Crippen molar-refractivity contribution >= 4 is 41.4 Å². The summed E-state index contributed by atoms with van der Waals surface area (Å²) in [5.74, 6) is -5.91. The summed E-state index contributed by atoms with van der Waals surface area (Å²) in [6.07, 6.45) is -1.49. The maximum atomic E-state index is 14.2. The van der Waals surface area contributed by atoms with Crippen LogP contribution >= 0.6 is 0 Å². The lowest BCUT2D eigenvalue weighted by Gasteiger charge is -2.27. The topological polar surface area (TPSA) is 366 Å². The molecule has 0 fully saturated rings. The number of primary amides is 1. The average molecular weight is 946 g/mol. The standard InChI is InChI=1S/C47H71N13O8/c1-30(61)40(60-46(67)37(19-23-50)57-43(64)35(51)17-21-48)47(68)55-24-20-38(45(66)58-36(18-22-49)44(65)59-39(41(52)62)25-31-11-5-2-6-12-31)56-42(63)34(28-53-26-32-13-7-3-8-14-32)29-54-27-33-15-9-4-10-16-33/h2-16,30,34-40,53-54,61H,17-29,48-51H2,1H3,(H2,52,62)(H,55,68)(H,56,63)(H,57,64)(H,58,66)(H,59,65)(H,60,67)/t30-,35+,36+,37+,38+,39-,40+/m1/s1. The minimum absolute atomic E-state index is 0.00848. The highest BCUT2D eigenvalue weighted by Gasteiger charge is 2.33. The monoisotopic (exact) mass is 946 g/mol. The van der Waals surface area contributed by atoms with Gasteiger partial charge in [0.2, 0.25) is 41.4 Å². The molecule has 3 aromatic rings. The summed E-state index contributed by atoms with van der Waals surface area (Å²) < 4.78 is 0. The smallest absolute Gasteiger partial charge is 0.245 e. The Morgan fingerprint density at radius 2 is 0.926 bits per heavy atom. The predicted molar refractivity (Wildman–Crippen MR) is 257 cm³/mol. The van der Waals surface area contributed by atoms with E-state index in [4.69, 9.17) is 28.7 Å². The maximum Gasteiger partial charge on any atom is 0.245 e. The first-order valence-corrected chi connectivity index (χ1v) is 22.8. The van der Waals surface area contributed by atoms with Crippen molar-refractivity contribution in [3.05, 3.63) is 108 Å². The van der Waals surface area contributed by atoms with E-state index >= 15 is 0 Å². The Hall–Kier alpha value is -6.33. The van der Waals surface area contributed by atoms with Crippen LogP contribution in [-0.2, 0) is 53.1 Å². The number of amides is 7. The molecule has 0 saturated carbocycles. The molecule has 0 saturated heterocycles. The summed E-state index contributed by atoms with van der Waals surface area (Å²) in [5.41, 5.74) is 31.3. The summed E-state index contributed by atoms with van der Waals surface area (Å²) >= 11 is 0. The molecule has 21 heteroatoms. The first-order valence-electron chi connectivity index (χ1n) is 22.8. The molecule has 68 heavy (non-hydrogen) atoms. The van der Waals surface area contributed by atoms with E-state index in [1.807, 2.05) is 60.7 Å². The third kappa shape index (κ3) is 20.3. The van der Waals surface area contributed by atoms with Crippen LogP contribution < -0.4 is 71.2 Å². The van der Waals surface area contributed by atoms with Crippen molar-refractivity contribution in [2.45, 2.75) is 94.5 Å². The highest BCUT2D eigenvalue weighted by atomic mass is 16.3. The van der Waals surface area contributed by atoms with Crippen LogP contribution in [-0.4, -0.2) is 128 Å². The molecule has 0 spiro atoms. The zero-order valence-electron chi connectivity index (χ0n) is 38.7. The van der Waals surface area contributed by atoms with Crippen LogP contribution in [0.15, 0.2) is 91.0 Å². The largest absolute Gasteiger partial charge is 0.391 e. The van der Waals surface area contributed by atoms with Gasteiger partial charge in [-0.05, 0) is 68.9 Å². The van der Waals surface area contributed by atoms with Gasteiger partial charge in [-0.1, -0.05) is 91.0 Å². The Kier molecular flexibility index (Phi) is 25.4. The zero-order chi connectivity index (χ0) is 49.8. The zero-order valence-corrected chi connectivity index (χ0v) is 38.7. The number of aliphatic hydroxyl groups is 1. The van der Waals surface area contributed by atoms with Crippen molar-refractivity contribution < 1.29 is 38.7 Å². The number of benzene rings is 3. The van der Waals surface area contributed by atoms with Crippen LogP contribution in [0.3, 0.4) is 0 Å². The number of hydrogen-bond donors (Lipinski definition) is 14. The van der Waals surface area contributed by atoms with Gasteiger partial charge in [0.05, 0.1) is 18.1 Å². The van der Waals surface area contributed by atoms with Crippen molar-refractivity contribution in [2.75, 3.05) is 39.3 Å². The minimum Gasteiger partial charge on any atom is -0.391 e. The van der Waals surface area contributed by atoms with E-state index in [-0.39, 0.29) is 71.4 Å². The second-order valence-corrected chi connectivity index (χ2v) is 16.4. The average Bonchev–Trinajstić information content (AvgIpc) is 3.32. The van der Waals surface area contributed by atoms with Crippen LogP contribution in [0.2, 0.25) is 0 Å². The molecule has 3 rings (SSSR count). The van der Waals surface area contributed by atoms with Crippen LogP contribution in [0.5, 0.6) is 0 Å². The molecule has 372 valence electrons. The number of nitrogens with two attached hydrogens (primary N) is 5. The fourth-order valence-electron chi connectivity index (χ4n) is 6.98. The first kappa shape index (κ1) is 56.0. The van der Waals surface area contributed by atoms with E-state index in [1.165, 1.54) is 6.92 Å². The summed E-state index contributed by atoms with van der Waals surface area (Å²) in [6, 6.07) is 20.6. The Morgan fingerprint density at radius 3 is 1.38 bits per heavy atom.